The molecule has 2 rings (SSSR count). The van der Waals surface area contributed by atoms with Crippen LogP contribution < -0.4 is 0 Å². The van der Waals surface area contributed by atoms with Gasteiger partial charge >= 0.3 is 0 Å². The third-order valence-electron chi connectivity index (χ3n) is 1.51. The summed E-state index contributed by atoms with van der Waals surface area (Å²) in [6.07, 6.45) is 3.43. The van der Waals surface area contributed by atoms with Gasteiger partial charge in [-0.05, 0) is 12.2 Å². The van der Waals surface area contributed by atoms with E-state index >= 15 is 0 Å². The lowest BCUT2D eigenvalue weighted by molar-refractivity contribution is 0.944. The van der Waals surface area contributed by atoms with Crippen molar-refractivity contribution in [1.29, 1.82) is 0 Å². The fraction of sp³-hybridized carbons (Fsp3) is 0.167. The van der Waals surface area contributed by atoms with Gasteiger partial charge in [0.05, 0.1) is 12.5 Å². The summed E-state index contributed by atoms with van der Waals surface area (Å²) >= 11 is 4.83. The molecule has 0 aromatic carbocycles. The van der Waals surface area contributed by atoms with Gasteiger partial charge in [0.25, 0.3) is 0 Å². The van der Waals surface area contributed by atoms with Crippen LogP contribution in [0.25, 0.3) is 11.2 Å². The Morgan fingerprint density at radius 1 is 1.55 bits per heavy atom. The van der Waals surface area contributed by atoms with E-state index in [1.807, 2.05) is 11.6 Å². The fourth-order valence-electron chi connectivity index (χ4n) is 0.942. The first kappa shape index (κ1) is 6.48. The van der Waals surface area contributed by atoms with Gasteiger partial charge in [-0.1, -0.05) is 0 Å². The van der Waals surface area contributed by atoms with E-state index < -0.39 is 0 Å². The van der Waals surface area contributed by atoms with E-state index in [1.165, 1.54) is 0 Å². The Kier molecular flexibility index (Phi) is 1.25. The summed E-state index contributed by atoms with van der Waals surface area (Å²) in [5.74, 6) is 0. The minimum absolute atomic E-state index is 0.469. The molecule has 0 aliphatic heterocycles. The van der Waals surface area contributed by atoms with Gasteiger partial charge in [0, 0.05) is 7.05 Å². The molecule has 0 radical (unpaired) electrons. The lowest BCUT2D eigenvalue weighted by Gasteiger charge is -1.90. The van der Waals surface area contributed by atoms with Crippen LogP contribution in [0.2, 0.25) is 0 Å². The predicted molar refractivity (Wildman–Crippen MR) is 43.7 cm³/mol. The van der Waals surface area contributed by atoms with E-state index in [0.717, 1.165) is 11.2 Å². The first-order valence-electron chi connectivity index (χ1n) is 3.14. The lowest BCUT2D eigenvalue weighted by Crippen LogP contribution is -1.86. The second kappa shape index (κ2) is 2.13. The molecule has 0 aliphatic rings. The smallest absolute Gasteiger partial charge is 0.198 e. The molecule has 0 atom stereocenters. The van der Waals surface area contributed by atoms with Gasteiger partial charge in [-0.3, -0.25) is 0 Å². The zero-order chi connectivity index (χ0) is 7.84. The molecule has 2 aromatic heterocycles. The molecule has 0 fully saturated rings. The Balaban J connectivity index is 2.96. The highest BCUT2D eigenvalue weighted by Gasteiger charge is 1.97. The van der Waals surface area contributed by atoms with Crippen LogP contribution in [0.15, 0.2) is 12.5 Å². The number of H-pyrrole nitrogens is 1. The van der Waals surface area contributed by atoms with Crippen molar-refractivity contribution in [1.82, 2.24) is 19.5 Å². The third kappa shape index (κ3) is 0.932. The predicted octanol–water partition coefficient (Wildman–Crippen LogP) is 1.03. The quantitative estimate of drug-likeness (QED) is 0.594. The van der Waals surface area contributed by atoms with E-state index in [9.17, 15) is 0 Å². The molecule has 0 bridgehead atoms. The van der Waals surface area contributed by atoms with Gasteiger partial charge in [0.1, 0.15) is 5.52 Å². The van der Waals surface area contributed by atoms with Crippen molar-refractivity contribution in [3.63, 3.8) is 0 Å². The highest BCUT2D eigenvalue weighted by Crippen LogP contribution is 2.04. The van der Waals surface area contributed by atoms with Crippen molar-refractivity contribution in [2.45, 2.75) is 0 Å². The number of aromatic amines is 1. The van der Waals surface area contributed by atoms with Gasteiger partial charge in [0.2, 0.25) is 0 Å². The summed E-state index contributed by atoms with van der Waals surface area (Å²) in [6, 6.07) is 0. The van der Waals surface area contributed by atoms with Crippen molar-refractivity contribution >= 4 is 23.4 Å². The molecule has 11 heavy (non-hydrogen) atoms. The summed E-state index contributed by atoms with van der Waals surface area (Å²) in [6.45, 7) is 0. The molecule has 0 amide bonds. The van der Waals surface area contributed by atoms with Crippen LogP contribution in [-0.4, -0.2) is 19.5 Å². The number of rotatable bonds is 0. The van der Waals surface area contributed by atoms with Crippen molar-refractivity contribution < 1.29 is 0 Å². The highest BCUT2D eigenvalue weighted by molar-refractivity contribution is 7.71. The summed E-state index contributed by atoms with van der Waals surface area (Å²) in [5.41, 5.74) is 1.74. The van der Waals surface area contributed by atoms with Crippen LogP contribution in [0, 0.1) is 4.77 Å². The maximum Gasteiger partial charge on any atom is 0.198 e. The molecule has 0 unspecified atom stereocenters. The molecule has 1 N–H and O–H groups in total. The molecule has 5 heteroatoms. The average Bonchev–Trinajstić information content (AvgIpc) is 2.32. The highest BCUT2D eigenvalue weighted by atomic mass is 32.1. The Morgan fingerprint density at radius 3 is 3.18 bits per heavy atom. The Hall–Kier alpha value is -1.23. The van der Waals surface area contributed by atoms with Crippen LogP contribution in [0.5, 0.6) is 0 Å². The normalized spacial score (nSPS) is 10.6. The van der Waals surface area contributed by atoms with Gasteiger partial charge in [-0.25, -0.2) is 9.97 Å². The topological polar surface area (TPSA) is 46.5 Å². The number of aryl methyl sites for hydroxylation is 1. The number of hydrogen-bond acceptors (Lipinski definition) is 3. The van der Waals surface area contributed by atoms with Crippen molar-refractivity contribution in [2.24, 2.45) is 7.05 Å². The maximum absolute atomic E-state index is 4.83. The maximum atomic E-state index is 4.83. The average molecular weight is 166 g/mol. The molecular formula is C6H6N4S. The minimum atomic E-state index is 0.469. The molecule has 2 heterocycles. The first-order valence-corrected chi connectivity index (χ1v) is 3.54. The first-order chi connectivity index (χ1) is 5.27. The Labute approximate surface area is 67.9 Å². The SMILES string of the molecule is Cn1cnc2[nH]c(=S)ncc21. The van der Waals surface area contributed by atoms with E-state index in [0.29, 0.717) is 4.77 Å². The monoisotopic (exact) mass is 166 g/mol. The van der Waals surface area contributed by atoms with Gasteiger partial charge in [-0.2, -0.15) is 0 Å². The molecule has 0 spiro atoms. The lowest BCUT2D eigenvalue weighted by atomic mass is 10.5. The van der Waals surface area contributed by atoms with E-state index in [2.05, 4.69) is 15.0 Å². The van der Waals surface area contributed by atoms with E-state index in [1.54, 1.807) is 12.5 Å². The number of nitrogens with one attached hydrogen (secondary N) is 1. The molecule has 56 valence electrons. The molecule has 0 aliphatic carbocycles. The van der Waals surface area contributed by atoms with Crippen LogP contribution >= 0.6 is 12.2 Å². The summed E-state index contributed by atoms with van der Waals surface area (Å²) in [7, 11) is 1.91. The standard InChI is InChI=1S/C6H6N4S/c1-10-3-8-5-4(10)2-7-6(11)9-5/h2-3H,1H3,(H,7,9,11). The van der Waals surface area contributed by atoms with Crippen LogP contribution in [0.1, 0.15) is 0 Å². The van der Waals surface area contributed by atoms with Crippen LogP contribution in [0.4, 0.5) is 0 Å². The number of fused-ring (bicyclic) bond motifs is 1. The van der Waals surface area contributed by atoms with Crippen LogP contribution in [-0.2, 0) is 7.05 Å². The number of aromatic nitrogens is 4. The molecule has 0 saturated heterocycles. The summed E-state index contributed by atoms with van der Waals surface area (Å²) in [5, 5.41) is 0. The van der Waals surface area contributed by atoms with Crippen molar-refractivity contribution in [2.75, 3.05) is 0 Å². The summed E-state index contributed by atoms with van der Waals surface area (Å²) in [4.78, 5) is 10.9. The second-order valence-corrected chi connectivity index (χ2v) is 2.66. The summed E-state index contributed by atoms with van der Waals surface area (Å²) < 4.78 is 2.35. The van der Waals surface area contributed by atoms with Crippen LogP contribution in [0.3, 0.4) is 0 Å². The number of hydrogen-bond donors (Lipinski definition) is 1. The minimum Gasteiger partial charge on any atom is -0.331 e. The third-order valence-corrected chi connectivity index (χ3v) is 1.72. The number of imidazole rings is 1. The van der Waals surface area contributed by atoms with E-state index in [-0.39, 0.29) is 0 Å². The Morgan fingerprint density at radius 2 is 2.36 bits per heavy atom. The van der Waals surface area contributed by atoms with Gasteiger partial charge in [-0.15, -0.1) is 0 Å². The number of nitrogens with zero attached hydrogens (tertiary/aromatic N) is 3. The fourth-order valence-corrected chi connectivity index (χ4v) is 1.09. The van der Waals surface area contributed by atoms with Gasteiger partial charge < -0.3 is 9.55 Å². The van der Waals surface area contributed by atoms with E-state index in [4.69, 9.17) is 12.2 Å². The van der Waals surface area contributed by atoms with Crippen molar-refractivity contribution in [3.8, 4) is 0 Å². The largest absolute Gasteiger partial charge is 0.331 e. The zero-order valence-corrected chi connectivity index (χ0v) is 6.72. The molecule has 0 saturated carbocycles. The zero-order valence-electron chi connectivity index (χ0n) is 5.90. The van der Waals surface area contributed by atoms with Crippen molar-refractivity contribution in [3.05, 3.63) is 17.3 Å². The molecule has 2 aromatic rings. The Bertz CT molecular complexity index is 441. The molecular weight excluding hydrogens is 160 g/mol. The van der Waals surface area contributed by atoms with Gasteiger partial charge in [0.15, 0.2) is 10.4 Å². The second-order valence-electron chi connectivity index (χ2n) is 2.28. The molecule has 4 nitrogen and oxygen atoms in total.